The van der Waals surface area contributed by atoms with Crippen molar-refractivity contribution in [3.63, 3.8) is 0 Å². The molecule has 2 heterocycles. The lowest BCUT2D eigenvalue weighted by Crippen LogP contribution is -2.36. The molecule has 3 rings (SSSR count). The minimum Gasteiger partial charge on any atom is -0.295 e. The number of nitrogens with one attached hydrogen (secondary N) is 1. The van der Waals surface area contributed by atoms with Gasteiger partial charge in [0, 0.05) is 19.3 Å². The lowest BCUT2D eigenvalue weighted by Gasteiger charge is -2.23. The van der Waals surface area contributed by atoms with Gasteiger partial charge in [0.15, 0.2) is 0 Å². The van der Waals surface area contributed by atoms with Crippen LogP contribution in [0.4, 0.5) is 5.13 Å². The summed E-state index contributed by atoms with van der Waals surface area (Å²) in [5, 5.41) is 17.7. The van der Waals surface area contributed by atoms with E-state index in [-0.39, 0.29) is 18.2 Å². The van der Waals surface area contributed by atoms with Crippen molar-refractivity contribution in [3.8, 4) is 0 Å². The molecule has 2 amide bonds. The number of benzene rings is 1. The molecule has 8 heteroatoms. The Hall–Kier alpha value is -2.61. The first-order valence-corrected chi connectivity index (χ1v) is 9.03. The molecule has 7 nitrogen and oxygen atoms in total. The third-order valence-corrected chi connectivity index (χ3v) is 4.59. The molecule has 0 bridgehead atoms. The zero-order valence-corrected chi connectivity index (χ0v) is 14.8. The molecule has 1 aliphatic rings. The van der Waals surface area contributed by atoms with Crippen molar-refractivity contribution < 1.29 is 9.59 Å². The van der Waals surface area contributed by atoms with E-state index in [9.17, 15) is 9.59 Å². The number of aromatic nitrogens is 2. The van der Waals surface area contributed by atoms with Crippen molar-refractivity contribution in [1.82, 2.24) is 15.2 Å². The summed E-state index contributed by atoms with van der Waals surface area (Å²) in [6.07, 6.45) is 2.42. The monoisotopic (exact) mass is 357 g/mol. The van der Waals surface area contributed by atoms with Crippen LogP contribution in [0.15, 0.2) is 35.4 Å². The average molecular weight is 357 g/mol. The number of amides is 2. The Bertz CT molecular complexity index is 787. The maximum Gasteiger partial charge on any atom is 0.273 e. The predicted molar refractivity (Wildman–Crippen MR) is 96.2 cm³/mol. The minimum atomic E-state index is -0.329. The van der Waals surface area contributed by atoms with Gasteiger partial charge in [0.1, 0.15) is 10.7 Å². The molecule has 0 radical (unpaired) electrons. The second-order valence-electron chi connectivity index (χ2n) is 5.69. The van der Waals surface area contributed by atoms with Gasteiger partial charge in [-0.3, -0.25) is 14.9 Å². The molecule has 1 N–H and O–H groups in total. The normalized spacial score (nSPS) is 14.4. The van der Waals surface area contributed by atoms with Crippen molar-refractivity contribution in [1.29, 1.82) is 0 Å². The summed E-state index contributed by atoms with van der Waals surface area (Å²) in [5.41, 5.74) is 1.30. The van der Waals surface area contributed by atoms with E-state index < -0.39 is 0 Å². The summed E-state index contributed by atoms with van der Waals surface area (Å²) in [6, 6.07) is 9.58. The summed E-state index contributed by atoms with van der Waals surface area (Å²) in [6.45, 7) is 2.42. The first-order chi connectivity index (χ1) is 12.2. The van der Waals surface area contributed by atoms with Crippen LogP contribution in [-0.4, -0.2) is 32.7 Å². The second kappa shape index (κ2) is 7.98. The zero-order chi connectivity index (χ0) is 17.6. The van der Waals surface area contributed by atoms with Gasteiger partial charge in [0.2, 0.25) is 11.0 Å². The van der Waals surface area contributed by atoms with Gasteiger partial charge in [0.25, 0.3) is 5.91 Å². The van der Waals surface area contributed by atoms with Crippen molar-refractivity contribution in [3.05, 3.63) is 40.9 Å². The number of nitrogens with zero attached hydrogens (tertiary/aromatic N) is 4. The van der Waals surface area contributed by atoms with Crippen LogP contribution in [0, 0.1) is 0 Å². The number of carbonyl (C=O) groups is 2. The molecular formula is C17H19N5O2S. The van der Waals surface area contributed by atoms with Crippen LogP contribution in [0.2, 0.25) is 0 Å². The van der Waals surface area contributed by atoms with E-state index >= 15 is 0 Å². The van der Waals surface area contributed by atoms with Crippen molar-refractivity contribution in [2.75, 3.05) is 5.32 Å². The van der Waals surface area contributed by atoms with Gasteiger partial charge in [-0.2, -0.15) is 5.10 Å². The van der Waals surface area contributed by atoms with Crippen LogP contribution in [0.1, 0.15) is 36.8 Å². The Labute approximate surface area is 149 Å². The summed E-state index contributed by atoms with van der Waals surface area (Å²) >= 11 is 1.36. The minimum absolute atomic E-state index is 0.0819. The number of hydrogen-bond acceptors (Lipinski definition) is 6. The highest BCUT2D eigenvalue weighted by Crippen LogP contribution is 2.18. The third kappa shape index (κ3) is 4.48. The number of hydrazone groups is 1. The quantitative estimate of drug-likeness (QED) is 0.861. The lowest BCUT2D eigenvalue weighted by atomic mass is 10.1. The van der Waals surface area contributed by atoms with Gasteiger partial charge >= 0.3 is 0 Å². The Morgan fingerprint density at radius 3 is 2.80 bits per heavy atom. The van der Waals surface area contributed by atoms with E-state index in [1.54, 1.807) is 0 Å². The largest absolute Gasteiger partial charge is 0.295 e. The fourth-order valence-electron chi connectivity index (χ4n) is 2.43. The van der Waals surface area contributed by atoms with Crippen molar-refractivity contribution in [2.24, 2.45) is 5.10 Å². The van der Waals surface area contributed by atoms with Crippen LogP contribution < -0.4 is 5.32 Å². The molecule has 0 atom stereocenters. The average Bonchev–Trinajstić information content (AvgIpc) is 3.05. The fraction of sp³-hybridized carbons (Fsp3) is 0.353. The van der Waals surface area contributed by atoms with Crippen LogP contribution in [0.3, 0.4) is 0 Å². The highest BCUT2D eigenvalue weighted by molar-refractivity contribution is 7.15. The molecule has 1 aromatic carbocycles. The van der Waals surface area contributed by atoms with E-state index in [2.05, 4.69) is 27.5 Å². The molecular weight excluding hydrogens is 338 g/mol. The third-order valence-electron chi connectivity index (χ3n) is 3.69. The SMILES string of the molecule is CCCc1nnc(NC(=O)C2=NN(Cc3ccccc3)C(=O)CC2)s1. The van der Waals surface area contributed by atoms with Gasteiger partial charge < -0.3 is 0 Å². The number of hydrogen-bond donors (Lipinski definition) is 1. The molecule has 1 aromatic heterocycles. The van der Waals surface area contributed by atoms with Crippen LogP contribution >= 0.6 is 11.3 Å². The van der Waals surface area contributed by atoms with Gasteiger partial charge in [-0.05, 0) is 12.0 Å². The topological polar surface area (TPSA) is 87.6 Å². The lowest BCUT2D eigenvalue weighted by molar-refractivity contribution is -0.132. The molecule has 0 spiro atoms. The number of anilines is 1. The molecule has 0 saturated heterocycles. The molecule has 0 aliphatic carbocycles. The Kier molecular flexibility index (Phi) is 5.49. The summed E-state index contributed by atoms with van der Waals surface area (Å²) < 4.78 is 0. The summed E-state index contributed by atoms with van der Waals surface area (Å²) in [4.78, 5) is 24.5. The fourth-order valence-corrected chi connectivity index (χ4v) is 3.27. The van der Waals surface area contributed by atoms with Crippen LogP contribution in [0.5, 0.6) is 0 Å². The molecule has 0 fully saturated rings. The van der Waals surface area contributed by atoms with E-state index in [4.69, 9.17) is 0 Å². The second-order valence-corrected chi connectivity index (χ2v) is 6.75. The van der Waals surface area contributed by atoms with Crippen molar-refractivity contribution in [2.45, 2.75) is 39.2 Å². The molecule has 0 saturated carbocycles. The smallest absolute Gasteiger partial charge is 0.273 e. The standard InChI is InChI=1S/C17H19N5O2S/c1-2-6-14-19-20-17(25-14)18-16(24)13-9-10-15(23)22(21-13)11-12-7-4-3-5-8-12/h3-5,7-8H,2,6,9-11H2,1H3,(H,18,20,24). The van der Waals surface area contributed by atoms with E-state index in [0.717, 1.165) is 23.4 Å². The maximum absolute atomic E-state index is 12.4. The van der Waals surface area contributed by atoms with E-state index in [1.165, 1.54) is 16.3 Å². The first kappa shape index (κ1) is 17.2. The molecule has 130 valence electrons. The Morgan fingerprint density at radius 2 is 2.04 bits per heavy atom. The number of rotatable bonds is 6. The highest BCUT2D eigenvalue weighted by Gasteiger charge is 2.25. The summed E-state index contributed by atoms with van der Waals surface area (Å²) in [7, 11) is 0. The molecule has 0 unspecified atom stereocenters. The zero-order valence-electron chi connectivity index (χ0n) is 13.9. The number of carbonyl (C=O) groups excluding carboxylic acids is 2. The molecule has 1 aliphatic heterocycles. The highest BCUT2D eigenvalue weighted by atomic mass is 32.1. The van der Waals surface area contributed by atoms with Gasteiger partial charge in [-0.1, -0.05) is 48.6 Å². The van der Waals surface area contributed by atoms with Crippen LogP contribution in [-0.2, 0) is 22.6 Å². The predicted octanol–water partition coefficient (Wildman–Crippen LogP) is 2.61. The van der Waals surface area contributed by atoms with Crippen LogP contribution in [0.25, 0.3) is 0 Å². The maximum atomic E-state index is 12.4. The molecule has 25 heavy (non-hydrogen) atoms. The Morgan fingerprint density at radius 1 is 1.24 bits per heavy atom. The Balaban J connectivity index is 1.68. The van der Waals surface area contributed by atoms with E-state index in [0.29, 0.717) is 23.8 Å². The molecule has 2 aromatic rings. The summed E-state index contributed by atoms with van der Waals surface area (Å²) in [5.74, 6) is -0.411. The van der Waals surface area contributed by atoms with Gasteiger partial charge in [0.05, 0.1) is 6.54 Å². The van der Waals surface area contributed by atoms with Crippen molar-refractivity contribution >= 4 is 34.0 Å². The first-order valence-electron chi connectivity index (χ1n) is 8.21. The van der Waals surface area contributed by atoms with E-state index in [1.807, 2.05) is 30.3 Å². The van der Waals surface area contributed by atoms with Gasteiger partial charge in [-0.25, -0.2) is 5.01 Å². The number of aryl methyl sites for hydroxylation is 1. The van der Waals surface area contributed by atoms with Gasteiger partial charge in [-0.15, -0.1) is 10.2 Å².